The molecule has 2 rings (SSSR count). The highest BCUT2D eigenvalue weighted by atomic mass is 16.5. The summed E-state index contributed by atoms with van der Waals surface area (Å²) in [6, 6.07) is 8.35. The first-order chi connectivity index (χ1) is 12.4. The number of nitrogens with one attached hydrogen (secondary N) is 1. The first kappa shape index (κ1) is 21.2. The van der Waals surface area contributed by atoms with Crippen molar-refractivity contribution < 1.29 is 9.47 Å². The molecule has 0 unspecified atom stereocenters. The van der Waals surface area contributed by atoms with Gasteiger partial charge in [0.05, 0.1) is 13.2 Å². The smallest absolute Gasteiger partial charge is 0.118 e. The van der Waals surface area contributed by atoms with E-state index in [9.17, 15) is 0 Å². The molecule has 3 nitrogen and oxygen atoms in total. The van der Waals surface area contributed by atoms with Crippen molar-refractivity contribution in [3.05, 3.63) is 29.8 Å². The van der Waals surface area contributed by atoms with E-state index >= 15 is 0 Å². The summed E-state index contributed by atoms with van der Waals surface area (Å²) in [5.41, 5.74) is 1.76. The van der Waals surface area contributed by atoms with Crippen molar-refractivity contribution in [1.82, 2.24) is 5.32 Å². The standard InChI is InChI=1S/C23H39NO2/c1-18(2)10-11-23(13-15-26-22(16-23)19(3)4)12-14-24-17-20-6-8-21(25-5)9-7-20/h6-9,18-19,22,24H,10-17H2,1-5H3/t22-,23+/m0/s1. The van der Waals surface area contributed by atoms with Gasteiger partial charge in [-0.25, -0.2) is 0 Å². The van der Waals surface area contributed by atoms with Gasteiger partial charge >= 0.3 is 0 Å². The van der Waals surface area contributed by atoms with Crippen molar-refractivity contribution in [2.75, 3.05) is 20.3 Å². The van der Waals surface area contributed by atoms with E-state index in [-0.39, 0.29) is 0 Å². The van der Waals surface area contributed by atoms with Crippen LogP contribution in [0.3, 0.4) is 0 Å². The van der Waals surface area contributed by atoms with Crippen molar-refractivity contribution in [3.8, 4) is 5.75 Å². The maximum atomic E-state index is 6.07. The normalized spacial score (nSPS) is 23.6. The Labute approximate surface area is 160 Å². The molecular weight excluding hydrogens is 322 g/mol. The fourth-order valence-corrected chi connectivity index (χ4v) is 3.95. The lowest BCUT2D eigenvalue weighted by molar-refractivity contribution is -0.0761. The van der Waals surface area contributed by atoms with Gasteiger partial charge in [0.2, 0.25) is 0 Å². The summed E-state index contributed by atoms with van der Waals surface area (Å²) < 4.78 is 11.3. The SMILES string of the molecule is COc1ccc(CNCC[C@]2(CCC(C)C)CCO[C@H](C(C)C)C2)cc1. The maximum absolute atomic E-state index is 6.07. The second-order valence-corrected chi connectivity index (χ2v) is 8.81. The molecule has 1 aromatic carbocycles. The van der Waals surface area contributed by atoms with E-state index < -0.39 is 0 Å². The molecule has 0 spiro atoms. The predicted molar refractivity (Wildman–Crippen MR) is 110 cm³/mol. The zero-order chi connectivity index (χ0) is 19.0. The molecule has 0 amide bonds. The summed E-state index contributed by atoms with van der Waals surface area (Å²) in [5.74, 6) is 2.31. The summed E-state index contributed by atoms with van der Waals surface area (Å²) in [7, 11) is 1.71. The largest absolute Gasteiger partial charge is 0.497 e. The molecule has 26 heavy (non-hydrogen) atoms. The minimum atomic E-state index is 0.428. The van der Waals surface area contributed by atoms with Crippen LogP contribution in [0.4, 0.5) is 0 Å². The minimum absolute atomic E-state index is 0.428. The zero-order valence-electron chi connectivity index (χ0n) is 17.5. The number of hydrogen-bond acceptors (Lipinski definition) is 3. The third kappa shape index (κ3) is 6.59. The maximum Gasteiger partial charge on any atom is 0.118 e. The van der Waals surface area contributed by atoms with E-state index in [1.54, 1.807) is 7.11 Å². The minimum Gasteiger partial charge on any atom is -0.497 e. The van der Waals surface area contributed by atoms with Crippen LogP contribution in [0.25, 0.3) is 0 Å². The molecule has 148 valence electrons. The Morgan fingerprint density at radius 3 is 2.50 bits per heavy atom. The van der Waals surface area contributed by atoms with Gasteiger partial charge in [-0.2, -0.15) is 0 Å². The number of rotatable bonds is 10. The highest BCUT2D eigenvalue weighted by molar-refractivity contribution is 5.26. The van der Waals surface area contributed by atoms with E-state index in [0.29, 0.717) is 17.4 Å². The van der Waals surface area contributed by atoms with E-state index in [0.717, 1.165) is 31.4 Å². The second-order valence-electron chi connectivity index (χ2n) is 8.81. The van der Waals surface area contributed by atoms with Gasteiger partial charge in [0, 0.05) is 13.2 Å². The van der Waals surface area contributed by atoms with Crippen molar-refractivity contribution in [2.24, 2.45) is 17.3 Å². The molecular formula is C23H39NO2. The summed E-state index contributed by atoms with van der Waals surface area (Å²) in [5, 5.41) is 3.66. The molecule has 0 radical (unpaired) electrons. The first-order valence-corrected chi connectivity index (χ1v) is 10.4. The van der Waals surface area contributed by atoms with Crippen LogP contribution in [0.5, 0.6) is 5.75 Å². The highest BCUT2D eigenvalue weighted by Gasteiger charge is 2.37. The van der Waals surface area contributed by atoms with Crippen molar-refractivity contribution >= 4 is 0 Å². The van der Waals surface area contributed by atoms with Gasteiger partial charge in [0.25, 0.3) is 0 Å². The predicted octanol–water partition coefficient (Wildman–Crippen LogP) is 5.43. The molecule has 1 heterocycles. The molecule has 1 aliphatic rings. The molecule has 1 aliphatic heterocycles. The van der Waals surface area contributed by atoms with Crippen LogP contribution in [0.2, 0.25) is 0 Å². The number of ether oxygens (including phenoxy) is 2. The van der Waals surface area contributed by atoms with Gasteiger partial charge < -0.3 is 14.8 Å². The average molecular weight is 362 g/mol. The summed E-state index contributed by atoms with van der Waals surface area (Å²) in [6.45, 7) is 12.2. The number of benzene rings is 1. The Kier molecular flexibility index (Phi) is 8.43. The van der Waals surface area contributed by atoms with Crippen LogP contribution in [0.15, 0.2) is 24.3 Å². The molecule has 1 saturated heterocycles. The van der Waals surface area contributed by atoms with Gasteiger partial charge in [0.1, 0.15) is 5.75 Å². The summed E-state index contributed by atoms with van der Waals surface area (Å²) in [4.78, 5) is 0. The zero-order valence-corrected chi connectivity index (χ0v) is 17.5. The van der Waals surface area contributed by atoms with Crippen LogP contribution in [-0.2, 0) is 11.3 Å². The fraction of sp³-hybridized carbons (Fsp3) is 0.739. The lowest BCUT2D eigenvalue weighted by Crippen LogP contribution is -2.39. The van der Waals surface area contributed by atoms with Gasteiger partial charge in [-0.1, -0.05) is 46.2 Å². The molecule has 3 heteroatoms. The van der Waals surface area contributed by atoms with E-state index in [1.807, 2.05) is 12.1 Å². The van der Waals surface area contributed by atoms with E-state index in [4.69, 9.17) is 9.47 Å². The van der Waals surface area contributed by atoms with Crippen LogP contribution < -0.4 is 10.1 Å². The van der Waals surface area contributed by atoms with Gasteiger partial charge in [-0.3, -0.25) is 0 Å². The van der Waals surface area contributed by atoms with Gasteiger partial charge in [-0.15, -0.1) is 0 Å². The Balaban J connectivity index is 1.87. The molecule has 2 atom stereocenters. The monoisotopic (exact) mass is 361 g/mol. The summed E-state index contributed by atoms with van der Waals surface area (Å²) in [6.07, 6.45) is 6.78. The molecule has 1 fully saturated rings. The van der Waals surface area contributed by atoms with Gasteiger partial charge in [-0.05, 0) is 67.2 Å². The number of hydrogen-bond donors (Lipinski definition) is 1. The third-order valence-electron chi connectivity index (χ3n) is 5.91. The van der Waals surface area contributed by atoms with Crippen LogP contribution in [0, 0.1) is 17.3 Å². The van der Waals surface area contributed by atoms with Crippen LogP contribution in [0.1, 0.15) is 65.4 Å². The van der Waals surface area contributed by atoms with E-state index in [2.05, 4.69) is 45.1 Å². The molecule has 1 N–H and O–H groups in total. The van der Waals surface area contributed by atoms with Crippen molar-refractivity contribution in [1.29, 1.82) is 0 Å². The summed E-state index contributed by atoms with van der Waals surface area (Å²) >= 11 is 0. The Morgan fingerprint density at radius 2 is 1.88 bits per heavy atom. The topological polar surface area (TPSA) is 30.5 Å². The number of methoxy groups -OCH3 is 1. The molecule has 0 aliphatic carbocycles. The van der Waals surface area contributed by atoms with E-state index in [1.165, 1.54) is 37.7 Å². The van der Waals surface area contributed by atoms with Crippen LogP contribution >= 0.6 is 0 Å². The highest BCUT2D eigenvalue weighted by Crippen LogP contribution is 2.43. The average Bonchev–Trinajstić information content (AvgIpc) is 2.64. The fourth-order valence-electron chi connectivity index (χ4n) is 3.95. The quantitative estimate of drug-likeness (QED) is 0.563. The molecule has 0 saturated carbocycles. The lowest BCUT2D eigenvalue weighted by Gasteiger charge is -2.43. The lowest BCUT2D eigenvalue weighted by atomic mass is 9.69. The molecule has 1 aromatic rings. The second kappa shape index (κ2) is 10.3. The Hall–Kier alpha value is -1.06. The Morgan fingerprint density at radius 1 is 1.15 bits per heavy atom. The van der Waals surface area contributed by atoms with Crippen molar-refractivity contribution in [2.45, 2.75) is 72.4 Å². The first-order valence-electron chi connectivity index (χ1n) is 10.4. The van der Waals surface area contributed by atoms with Crippen LogP contribution in [-0.4, -0.2) is 26.4 Å². The van der Waals surface area contributed by atoms with Gasteiger partial charge in [0.15, 0.2) is 0 Å². The molecule has 0 aromatic heterocycles. The van der Waals surface area contributed by atoms with Crippen molar-refractivity contribution in [3.63, 3.8) is 0 Å². The molecule has 0 bridgehead atoms. The third-order valence-corrected chi connectivity index (χ3v) is 5.91. The Bertz CT molecular complexity index is 511.